The zero-order valence-corrected chi connectivity index (χ0v) is 12.5. The molecule has 0 unspecified atom stereocenters. The van der Waals surface area contributed by atoms with Gasteiger partial charge in [-0.05, 0) is 30.3 Å². The summed E-state index contributed by atoms with van der Waals surface area (Å²) in [5, 5.41) is 2.58. The number of carbonyl (C=O) groups excluding carboxylic acids is 1. The fourth-order valence-electron chi connectivity index (χ4n) is 1.71. The Bertz CT molecular complexity index is 708. The monoisotopic (exact) mass is 356 g/mol. The first-order valence-corrected chi connectivity index (χ1v) is 6.61. The summed E-state index contributed by atoms with van der Waals surface area (Å²) in [4.78, 5) is 11.5. The first-order chi connectivity index (χ1) is 9.92. The molecule has 2 aromatic rings. The van der Waals surface area contributed by atoms with Crippen molar-refractivity contribution in [1.29, 1.82) is 0 Å². The van der Waals surface area contributed by atoms with Gasteiger partial charge in [0.25, 0.3) is 0 Å². The van der Waals surface area contributed by atoms with Gasteiger partial charge >= 0.3 is 5.97 Å². The molecule has 0 saturated heterocycles. The predicted molar refractivity (Wildman–Crippen MR) is 79.5 cm³/mol. The average Bonchev–Trinajstić information content (AvgIpc) is 2.43. The second kappa shape index (κ2) is 6.09. The second-order valence-electron chi connectivity index (χ2n) is 4.16. The molecule has 0 radical (unpaired) electrons. The highest BCUT2D eigenvalue weighted by molar-refractivity contribution is 9.10. The molecule has 3 N–H and O–H groups in total. The minimum absolute atomic E-state index is 0.00100. The first-order valence-electron chi connectivity index (χ1n) is 5.81. The van der Waals surface area contributed by atoms with Crippen LogP contribution in [0, 0.1) is 11.6 Å². The van der Waals surface area contributed by atoms with Crippen LogP contribution in [0.3, 0.4) is 0 Å². The van der Waals surface area contributed by atoms with Crippen molar-refractivity contribution in [1.82, 2.24) is 0 Å². The van der Waals surface area contributed by atoms with Crippen molar-refractivity contribution < 1.29 is 18.3 Å². The van der Waals surface area contributed by atoms with Crippen LogP contribution in [-0.2, 0) is 4.74 Å². The van der Waals surface area contributed by atoms with Gasteiger partial charge in [-0.15, -0.1) is 0 Å². The molecule has 0 aliphatic carbocycles. The van der Waals surface area contributed by atoms with Crippen LogP contribution < -0.4 is 11.1 Å². The number of halogens is 3. The van der Waals surface area contributed by atoms with Crippen LogP contribution in [0.5, 0.6) is 0 Å². The average molecular weight is 357 g/mol. The quantitative estimate of drug-likeness (QED) is 0.647. The number of rotatable bonds is 3. The van der Waals surface area contributed by atoms with Gasteiger partial charge in [0.1, 0.15) is 11.6 Å². The van der Waals surface area contributed by atoms with Crippen molar-refractivity contribution in [3.63, 3.8) is 0 Å². The highest BCUT2D eigenvalue weighted by atomic mass is 79.9. The zero-order chi connectivity index (χ0) is 15.6. The van der Waals surface area contributed by atoms with Gasteiger partial charge in [0.2, 0.25) is 0 Å². The van der Waals surface area contributed by atoms with Gasteiger partial charge in [0.15, 0.2) is 0 Å². The molecule has 4 nitrogen and oxygen atoms in total. The van der Waals surface area contributed by atoms with Crippen molar-refractivity contribution in [2.24, 2.45) is 0 Å². The van der Waals surface area contributed by atoms with E-state index in [1.54, 1.807) is 6.07 Å². The van der Waals surface area contributed by atoms with E-state index in [1.165, 1.54) is 25.3 Å². The van der Waals surface area contributed by atoms with Crippen LogP contribution in [0.4, 0.5) is 25.8 Å². The highest BCUT2D eigenvalue weighted by Gasteiger charge is 2.15. The SMILES string of the molecule is COC(=O)c1cc(Nc2ccc(Br)cc2F)c(F)cc1N. The van der Waals surface area contributed by atoms with Gasteiger partial charge in [-0.1, -0.05) is 15.9 Å². The largest absolute Gasteiger partial charge is 0.465 e. The zero-order valence-electron chi connectivity index (χ0n) is 10.9. The van der Waals surface area contributed by atoms with E-state index in [1.807, 2.05) is 0 Å². The molecule has 0 saturated carbocycles. The molecule has 7 heteroatoms. The number of methoxy groups -OCH3 is 1. The summed E-state index contributed by atoms with van der Waals surface area (Å²) < 4.78 is 32.7. The number of anilines is 3. The Morgan fingerprint density at radius 2 is 1.86 bits per heavy atom. The third-order valence-corrected chi connectivity index (χ3v) is 3.24. The lowest BCUT2D eigenvalue weighted by atomic mass is 10.1. The van der Waals surface area contributed by atoms with Crippen molar-refractivity contribution in [3.8, 4) is 0 Å². The molecule has 0 aliphatic heterocycles. The number of nitrogen functional groups attached to an aromatic ring is 1. The molecule has 110 valence electrons. The van der Waals surface area contributed by atoms with E-state index in [4.69, 9.17) is 5.73 Å². The maximum atomic E-state index is 13.9. The summed E-state index contributed by atoms with van der Waals surface area (Å²) in [5.41, 5.74) is 5.49. The molecular formula is C14H11BrF2N2O2. The van der Waals surface area contributed by atoms with Crippen LogP contribution in [0.1, 0.15) is 10.4 Å². The summed E-state index contributed by atoms with van der Waals surface area (Å²) in [5.74, 6) is -1.98. The molecule has 0 atom stereocenters. The molecular weight excluding hydrogens is 346 g/mol. The lowest BCUT2D eigenvalue weighted by Gasteiger charge is -2.12. The number of esters is 1. The molecule has 0 spiro atoms. The lowest BCUT2D eigenvalue weighted by molar-refractivity contribution is 0.0602. The van der Waals surface area contributed by atoms with Gasteiger partial charge in [0.05, 0.1) is 24.0 Å². The summed E-state index contributed by atoms with van der Waals surface area (Å²) in [7, 11) is 1.19. The fraction of sp³-hybridized carbons (Fsp3) is 0.0714. The summed E-state index contributed by atoms with van der Waals surface area (Å²) in [6, 6.07) is 6.43. The molecule has 0 bridgehead atoms. The second-order valence-corrected chi connectivity index (χ2v) is 5.08. The predicted octanol–water partition coefficient (Wildman–Crippen LogP) is 3.84. The van der Waals surface area contributed by atoms with Gasteiger partial charge in [-0.2, -0.15) is 0 Å². The smallest absolute Gasteiger partial charge is 0.340 e. The van der Waals surface area contributed by atoms with E-state index >= 15 is 0 Å². The van der Waals surface area contributed by atoms with E-state index in [-0.39, 0.29) is 22.6 Å². The molecule has 2 rings (SSSR count). The molecule has 2 aromatic carbocycles. The summed E-state index contributed by atoms with van der Waals surface area (Å²) in [6.45, 7) is 0. The van der Waals surface area contributed by atoms with Gasteiger partial charge < -0.3 is 15.8 Å². The fourth-order valence-corrected chi connectivity index (χ4v) is 2.04. The minimum Gasteiger partial charge on any atom is -0.465 e. The normalized spacial score (nSPS) is 10.3. The third-order valence-electron chi connectivity index (χ3n) is 2.74. The Morgan fingerprint density at radius 1 is 1.19 bits per heavy atom. The minimum atomic E-state index is -0.706. The molecule has 21 heavy (non-hydrogen) atoms. The molecule has 0 aliphatic rings. The van der Waals surface area contributed by atoms with Crippen LogP contribution >= 0.6 is 15.9 Å². The van der Waals surface area contributed by atoms with E-state index in [2.05, 4.69) is 26.0 Å². The summed E-state index contributed by atoms with van der Waals surface area (Å²) >= 11 is 3.13. The Kier molecular flexibility index (Phi) is 4.42. The number of nitrogens with one attached hydrogen (secondary N) is 1. The first kappa shape index (κ1) is 15.2. The highest BCUT2D eigenvalue weighted by Crippen LogP contribution is 2.28. The van der Waals surface area contributed by atoms with Gasteiger partial charge in [-0.3, -0.25) is 0 Å². The van der Waals surface area contributed by atoms with Crippen molar-refractivity contribution in [2.45, 2.75) is 0 Å². The van der Waals surface area contributed by atoms with E-state index in [9.17, 15) is 13.6 Å². The van der Waals surface area contributed by atoms with Crippen LogP contribution in [0.15, 0.2) is 34.8 Å². The van der Waals surface area contributed by atoms with Crippen molar-refractivity contribution >= 4 is 39.0 Å². The molecule has 0 aromatic heterocycles. The Hall–Kier alpha value is -2.15. The number of hydrogen-bond acceptors (Lipinski definition) is 4. The number of hydrogen-bond donors (Lipinski definition) is 2. The van der Waals surface area contributed by atoms with Crippen LogP contribution in [-0.4, -0.2) is 13.1 Å². The van der Waals surface area contributed by atoms with E-state index in [0.29, 0.717) is 4.47 Å². The van der Waals surface area contributed by atoms with E-state index in [0.717, 1.165) is 6.07 Å². The Morgan fingerprint density at radius 3 is 2.48 bits per heavy atom. The topological polar surface area (TPSA) is 64.3 Å². The number of ether oxygens (including phenoxy) is 1. The molecule has 0 amide bonds. The Labute approximate surface area is 128 Å². The van der Waals surface area contributed by atoms with Crippen molar-refractivity contribution in [2.75, 3.05) is 18.2 Å². The number of carbonyl (C=O) groups is 1. The van der Waals surface area contributed by atoms with Gasteiger partial charge in [-0.25, -0.2) is 13.6 Å². The van der Waals surface area contributed by atoms with Crippen LogP contribution in [0.2, 0.25) is 0 Å². The molecule has 0 fully saturated rings. The van der Waals surface area contributed by atoms with Crippen molar-refractivity contribution in [3.05, 3.63) is 52.0 Å². The van der Waals surface area contributed by atoms with Crippen LogP contribution in [0.25, 0.3) is 0 Å². The summed E-state index contributed by atoms with van der Waals surface area (Å²) in [6.07, 6.45) is 0. The number of nitrogens with two attached hydrogens (primary N) is 1. The standard InChI is InChI=1S/C14H11BrF2N2O2/c1-21-14(20)8-5-13(10(17)6-11(8)18)19-12-3-2-7(15)4-9(12)16/h2-6,19H,18H2,1H3. The maximum absolute atomic E-state index is 13.9. The molecule has 0 heterocycles. The maximum Gasteiger partial charge on any atom is 0.340 e. The Balaban J connectivity index is 2.42. The van der Waals surface area contributed by atoms with E-state index < -0.39 is 17.6 Å². The lowest BCUT2D eigenvalue weighted by Crippen LogP contribution is -2.08. The third kappa shape index (κ3) is 3.30. The number of benzene rings is 2. The van der Waals surface area contributed by atoms with Gasteiger partial charge in [0, 0.05) is 10.2 Å².